The Morgan fingerprint density at radius 1 is 1.03 bits per heavy atom. The van der Waals surface area contributed by atoms with Crippen LogP contribution in [0.25, 0.3) is 22.1 Å². The van der Waals surface area contributed by atoms with Gasteiger partial charge in [-0.3, -0.25) is 0 Å². The quantitative estimate of drug-likeness (QED) is 0.164. The summed E-state index contributed by atoms with van der Waals surface area (Å²) in [5.74, 6) is -5.58. The molecule has 1 aromatic heterocycles. The fraction of sp³-hybridized carbons (Fsp3) is 0.280. The van der Waals surface area contributed by atoms with Gasteiger partial charge in [0.25, 0.3) is 0 Å². The number of carbonyl (C=O) groups is 1. The Kier molecular flexibility index (Phi) is 6.79. The fourth-order valence-electron chi connectivity index (χ4n) is 3.24. The molecule has 0 N–H and O–H groups in total. The van der Waals surface area contributed by atoms with E-state index in [0.29, 0.717) is 6.07 Å². The van der Waals surface area contributed by atoms with E-state index in [0.717, 1.165) is 18.2 Å². The molecule has 0 radical (unpaired) electrons. The Morgan fingerprint density at radius 3 is 2.31 bits per heavy atom. The second-order valence-corrected chi connectivity index (χ2v) is 8.25. The third kappa shape index (κ3) is 5.21. The molecule has 3 rings (SSSR count). The van der Waals surface area contributed by atoms with Gasteiger partial charge in [-0.05, 0) is 44.5 Å². The number of hydrogen-bond acceptors (Lipinski definition) is 5. The van der Waals surface area contributed by atoms with Crippen molar-refractivity contribution in [2.75, 3.05) is 0 Å². The number of alkyl halides is 5. The zero-order valence-electron chi connectivity index (χ0n) is 18.9. The first-order valence-corrected chi connectivity index (χ1v) is 10.3. The standard InChI is InChI=1S/C25H21F5O5/c1-5-21(31)33-14(2)23(3,4)35-16-11-10-15-12-18(22(32)34-20(15)13-16)17-8-6-7-9-19(17)24(26,27)25(28,29)30/h5-14H,1H2,2-4H3. The lowest BCUT2D eigenvalue weighted by Gasteiger charge is -2.31. The predicted octanol–water partition coefficient (Wildman–Crippen LogP) is 6.39. The maximum atomic E-state index is 14.1. The molecule has 0 bridgehead atoms. The van der Waals surface area contributed by atoms with Crippen molar-refractivity contribution in [1.29, 1.82) is 0 Å². The summed E-state index contributed by atoms with van der Waals surface area (Å²) < 4.78 is 83.5. The lowest BCUT2D eigenvalue weighted by atomic mass is 9.95. The number of carbonyl (C=O) groups excluding carboxylic acids is 1. The van der Waals surface area contributed by atoms with Gasteiger partial charge in [0.1, 0.15) is 23.0 Å². The van der Waals surface area contributed by atoms with Crippen LogP contribution < -0.4 is 10.4 Å². The van der Waals surface area contributed by atoms with Crippen molar-refractivity contribution >= 4 is 16.9 Å². The first kappa shape index (κ1) is 25.9. The molecule has 0 aliphatic carbocycles. The minimum absolute atomic E-state index is 0.0165. The molecule has 5 nitrogen and oxygen atoms in total. The van der Waals surface area contributed by atoms with Crippen molar-refractivity contribution in [2.45, 2.75) is 44.6 Å². The van der Waals surface area contributed by atoms with Gasteiger partial charge in [-0.2, -0.15) is 22.0 Å². The zero-order chi connectivity index (χ0) is 26.2. The molecule has 1 heterocycles. The summed E-state index contributed by atoms with van der Waals surface area (Å²) in [6, 6.07) is 9.37. The van der Waals surface area contributed by atoms with Gasteiger partial charge in [0.15, 0.2) is 0 Å². The average Bonchev–Trinajstić information content (AvgIpc) is 2.77. The van der Waals surface area contributed by atoms with Gasteiger partial charge in [0, 0.05) is 23.1 Å². The summed E-state index contributed by atoms with van der Waals surface area (Å²) in [5, 5.41) is 0.265. The van der Waals surface area contributed by atoms with Gasteiger partial charge in [-0.25, -0.2) is 9.59 Å². The first-order valence-electron chi connectivity index (χ1n) is 10.3. The Labute approximate surface area is 196 Å². The van der Waals surface area contributed by atoms with Crippen LogP contribution in [0, 0.1) is 0 Å². The maximum Gasteiger partial charge on any atom is 0.458 e. The molecule has 0 aliphatic rings. The number of benzene rings is 2. The summed E-state index contributed by atoms with van der Waals surface area (Å²) in [7, 11) is 0. The van der Waals surface area contributed by atoms with Crippen LogP contribution in [0.3, 0.4) is 0 Å². The molecule has 0 saturated heterocycles. The van der Waals surface area contributed by atoms with Crippen molar-refractivity contribution in [3.05, 3.63) is 77.2 Å². The molecule has 10 heteroatoms. The molecule has 1 unspecified atom stereocenters. The number of halogens is 5. The average molecular weight is 496 g/mol. The van der Waals surface area contributed by atoms with E-state index < -0.39 is 52.1 Å². The number of ether oxygens (including phenoxy) is 2. The highest BCUT2D eigenvalue weighted by molar-refractivity contribution is 5.83. The largest absolute Gasteiger partial charge is 0.484 e. The number of rotatable bonds is 7. The van der Waals surface area contributed by atoms with E-state index in [1.165, 1.54) is 30.3 Å². The van der Waals surface area contributed by atoms with Gasteiger partial charge in [0.05, 0.1) is 5.56 Å². The molecule has 0 aliphatic heterocycles. The third-order valence-electron chi connectivity index (χ3n) is 5.44. The molecule has 0 amide bonds. The van der Waals surface area contributed by atoms with Crippen LogP contribution in [0.1, 0.15) is 26.3 Å². The highest BCUT2D eigenvalue weighted by Crippen LogP contribution is 2.46. The van der Waals surface area contributed by atoms with Crippen molar-refractivity contribution in [2.24, 2.45) is 0 Å². The van der Waals surface area contributed by atoms with Crippen LogP contribution in [0.5, 0.6) is 5.75 Å². The van der Waals surface area contributed by atoms with Crippen molar-refractivity contribution in [3.8, 4) is 16.9 Å². The van der Waals surface area contributed by atoms with E-state index in [4.69, 9.17) is 13.9 Å². The van der Waals surface area contributed by atoms with Crippen LogP contribution in [0.4, 0.5) is 22.0 Å². The van der Waals surface area contributed by atoms with Gasteiger partial charge >= 0.3 is 23.7 Å². The van der Waals surface area contributed by atoms with Crippen LogP contribution >= 0.6 is 0 Å². The fourth-order valence-corrected chi connectivity index (χ4v) is 3.24. The van der Waals surface area contributed by atoms with Crippen LogP contribution in [-0.4, -0.2) is 23.9 Å². The number of esters is 1. The highest BCUT2D eigenvalue weighted by Gasteiger charge is 2.59. The summed E-state index contributed by atoms with van der Waals surface area (Å²) in [5.41, 5.74) is -4.49. The molecule has 3 aromatic rings. The summed E-state index contributed by atoms with van der Waals surface area (Å²) in [6.07, 6.45) is -5.53. The molecule has 35 heavy (non-hydrogen) atoms. The minimum Gasteiger partial charge on any atom is -0.484 e. The Bertz CT molecular complexity index is 1320. The van der Waals surface area contributed by atoms with Crippen LogP contribution in [-0.2, 0) is 15.5 Å². The lowest BCUT2D eigenvalue weighted by molar-refractivity contribution is -0.289. The molecule has 186 valence electrons. The second-order valence-electron chi connectivity index (χ2n) is 8.25. The third-order valence-corrected chi connectivity index (χ3v) is 5.44. The number of hydrogen-bond donors (Lipinski definition) is 0. The molecule has 0 fully saturated rings. The summed E-state index contributed by atoms with van der Waals surface area (Å²) in [6.45, 7) is 8.27. The van der Waals surface area contributed by atoms with E-state index in [-0.39, 0.29) is 16.7 Å². The summed E-state index contributed by atoms with van der Waals surface area (Å²) >= 11 is 0. The SMILES string of the molecule is C=CC(=O)OC(C)C(C)(C)Oc1ccc2cc(-c3ccccc3C(F)(F)C(F)(F)F)c(=O)oc2c1. The van der Waals surface area contributed by atoms with Crippen LogP contribution in [0.2, 0.25) is 0 Å². The summed E-state index contributed by atoms with van der Waals surface area (Å²) in [4.78, 5) is 24.1. The molecular formula is C25H21F5O5. The second kappa shape index (κ2) is 9.16. The molecule has 2 aromatic carbocycles. The molecule has 0 spiro atoms. The van der Waals surface area contributed by atoms with E-state index in [1.54, 1.807) is 20.8 Å². The van der Waals surface area contributed by atoms with E-state index in [2.05, 4.69) is 6.58 Å². The monoisotopic (exact) mass is 496 g/mol. The Morgan fingerprint density at radius 2 is 1.69 bits per heavy atom. The zero-order valence-corrected chi connectivity index (χ0v) is 18.9. The Balaban J connectivity index is 2.01. The Hall–Kier alpha value is -3.69. The van der Waals surface area contributed by atoms with E-state index in [1.807, 2.05) is 0 Å². The normalized spacial score (nSPS) is 13.4. The predicted molar refractivity (Wildman–Crippen MR) is 118 cm³/mol. The van der Waals surface area contributed by atoms with Crippen molar-refractivity contribution in [3.63, 3.8) is 0 Å². The van der Waals surface area contributed by atoms with Gasteiger partial charge < -0.3 is 13.9 Å². The topological polar surface area (TPSA) is 65.7 Å². The van der Waals surface area contributed by atoms with Crippen LogP contribution in [0.15, 0.2) is 70.4 Å². The highest BCUT2D eigenvalue weighted by atomic mass is 19.4. The van der Waals surface area contributed by atoms with Gasteiger partial charge in [-0.1, -0.05) is 30.8 Å². The smallest absolute Gasteiger partial charge is 0.458 e. The van der Waals surface area contributed by atoms with E-state index >= 15 is 0 Å². The lowest BCUT2D eigenvalue weighted by Crippen LogP contribution is -2.42. The first-order chi connectivity index (χ1) is 16.2. The molecular weight excluding hydrogens is 475 g/mol. The van der Waals surface area contributed by atoms with Crippen molar-refractivity contribution in [1.82, 2.24) is 0 Å². The molecule has 0 saturated carbocycles. The van der Waals surface area contributed by atoms with Gasteiger partial charge in [0.2, 0.25) is 0 Å². The van der Waals surface area contributed by atoms with Gasteiger partial charge in [-0.15, -0.1) is 0 Å². The maximum absolute atomic E-state index is 14.1. The molecule has 1 atom stereocenters. The minimum atomic E-state index is -5.85. The van der Waals surface area contributed by atoms with Crippen molar-refractivity contribution < 1.29 is 40.6 Å². The van der Waals surface area contributed by atoms with E-state index in [9.17, 15) is 31.5 Å². The number of fused-ring (bicyclic) bond motifs is 1.